The highest BCUT2D eigenvalue weighted by molar-refractivity contribution is 9.10. The van der Waals surface area contributed by atoms with E-state index in [2.05, 4.69) is 21.2 Å². The quantitative estimate of drug-likeness (QED) is 0.864. The lowest BCUT2D eigenvalue weighted by atomic mass is 10.1. The van der Waals surface area contributed by atoms with Gasteiger partial charge in [-0.25, -0.2) is 0 Å². The Hall–Kier alpha value is -1.07. The van der Waals surface area contributed by atoms with E-state index in [4.69, 9.17) is 10.5 Å². The average Bonchev–Trinajstić information content (AvgIpc) is 2.24. The lowest BCUT2D eigenvalue weighted by Crippen LogP contribution is -2.43. The fraction of sp³-hybridized carbons (Fsp3) is 0.533. The van der Waals surface area contributed by atoms with Gasteiger partial charge in [0.25, 0.3) is 5.91 Å². The van der Waals surface area contributed by atoms with Gasteiger partial charge in [-0.3, -0.25) is 4.79 Å². The highest BCUT2D eigenvalue weighted by atomic mass is 79.9. The number of rotatable bonds is 5. The summed E-state index contributed by atoms with van der Waals surface area (Å²) in [6.45, 7) is 7.74. The van der Waals surface area contributed by atoms with Crippen molar-refractivity contribution in [1.82, 2.24) is 5.32 Å². The molecular formula is C15H23BrN2O2. The number of ether oxygens (including phenoxy) is 1. The van der Waals surface area contributed by atoms with Crippen molar-refractivity contribution in [2.24, 2.45) is 5.73 Å². The molecule has 1 rings (SSSR count). The molecule has 5 heteroatoms. The zero-order chi connectivity index (χ0) is 15.3. The normalized spacial score (nSPS) is 12.9. The minimum Gasteiger partial charge on any atom is -0.482 e. The maximum Gasteiger partial charge on any atom is 0.258 e. The van der Waals surface area contributed by atoms with Crippen molar-refractivity contribution in [2.45, 2.75) is 45.7 Å². The number of carbonyl (C=O) groups excluding carboxylic acids is 1. The zero-order valence-electron chi connectivity index (χ0n) is 12.5. The summed E-state index contributed by atoms with van der Waals surface area (Å²) >= 11 is 3.45. The molecule has 1 atom stereocenters. The van der Waals surface area contributed by atoms with E-state index in [-0.39, 0.29) is 24.1 Å². The first-order valence-corrected chi connectivity index (χ1v) is 7.45. The lowest BCUT2D eigenvalue weighted by molar-refractivity contribution is -0.124. The third-order valence-corrected chi connectivity index (χ3v) is 3.08. The molecule has 4 nitrogen and oxygen atoms in total. The first-order chi connectivity index (χ1) is 9.19. The van der Waals surface area contributed by atoms with Gasteiger partial charge in [0.1, 0.15) is 5.75 Å². The van der Waals surface area contributed by atoms with E-state index in [0.717, 1.165) is 10.0 Å². The van der Waals surface area contributed by atoms with Crippen molar-refractivity contribution >= 4 is 21.8 Å². The third kappa shape index (κ3) is 5.92. The monoisotopic (exact) mass is 342 g/mol. The molecule has 3 N–H and O–H groups in total. The van der Waals surface area contributed by atoms with Gasteiger partial charge in [0.2, 0.25) is 0 Å². The van der Waals surface area contributed by atoms with Gasteiger partial charge in [0.15, 0.2) is 6.61 Å². The molecule has 0 aliphatic carbocycles. The second-order valence-electron chi connectivity index (χ2n) is 6.00. The number of para-hydroxylation sites is 1. The molecule has 0 aliphatic heterocycles. The molecule has 1 aromatic rings. The number of benzene rings is 1. The van der Waals surface area contributed by atoms with E-state index in [9.17, 15) is 4.79 Å². The number of carbonyl (C=O) groups is 1. The van der Waals surface area contributed by atoms with Gasteiger partial charge in [0, 0.05) is 11.6 Å². The largest absolute Gasteiger partial charge is 0.482 e. The van der Waals surface area contributed by atoms with Crippen molar-refractivity contribution in [3.8, 4) is 5.75 Å². The van der Waals surface area contributed by atoms with E-state index < -0.39 is 0 Å². The first-order valence-electron chi connectivity index (χ1n) is 6.66. The van der Waals surface area contributed by atoms with Gasteiger partial charge < -0.3 is 15.8 Å². The van der Waals surface area contributed by atoms with Crippen LogP contribution in [0.15, 0.2) is 22.7 Å². The number of nitrogens with one attached hydrogen (secondary N) is 1. The van der Waals surface area contributed by atoms with E-state index in [1.807, 2.05) is 45.9 Å². The van der Waals surface area contributed by atoms with Crippen molar-refractivity contribution in [3.63, 3.8) is 0 Å². The minimum absolute atomic E-state index is 0.00810. The average molecular weight is 343 g/mol. The second-order valence-corrected chi connectivity index (χ2v) is 6.85. The van der Waals surface area contributed by atoms with Crippen LogP contribution in [0.5, 0.6) is 5.75 Å². The number of hydrogen-bond acceptors (Lipinski definition) is 3. The summed E-state index contributed by atoms with van der Waals surface area (Å²) in [6.07, 6.45) is 0.704. The van der Waals surface area contributed by atoms with Crippen LogP contribution in [0.3, 0.4) is 0 Å². The first kappa shape index (κ1) is 17.0. The summed E-state index contributed by atoms with van der Waals surface area (Å²) in [6, 6.07) is 5.83. The van der Waals surface area contributed by atoms with Crippen LogP contribution in [-0.2, 0) is 11.2 Å². The highest BCUT2D eigenvalue weighted by Crippen LogP contribution is 2.29. The summed E-state index contributed by atoms with van der Waals surface area (Å²) in [5.41, 5.74) is 6.57. The van der Waals surface area contributed by atoms with Gasteiger partial charge in [-0.15, -0.1) is 0 Å². The molecule has 0 radical (unpaired) electrons. The number of hydrogen-bond donors (Lipinski definition) is 2. The topological polar surface area (TPSA) is 64.3 Å². The van der Waals surface area contributed by atoms with Crippen LogP contribution >= 0.6 is 15.9 Å². The Morgan fingerprint density at radius 3 is 2.65 bits per heavy atom. The Morgan fingerprint density at radius 1 is 1.45 bits per heavy atom. The van der Waals surface area contributed by atoms with Gasteiger partial charge in [-0.2, -0.15) is 0 Å². The standard InChI is InChI=1S/C15H23BrN2O2/c1-10(17)8-11-6-5-7-12(16)14(11)20-9-13(19)18-15(2,3)4/h5-7,10H,8-9,17H2,1-4H3,(H,18,19). The molecule has 0 bridgehead atoms. The second kappa shape index (κ2) is 7.09. The minimum atomic E-state index is -0.261. The van der Waals surface area contributed by atoms with Crippen LogP contribution in [0.25, 0.3) is 0 Å². The molecule has 0 saturated heterocycles. The van der Waals surface area contributed by atoms with Gasteiger partial charge in [-0.05, 0) is 61.7 Å². The molecule has 0 aromatic heterocycles. The summed E-state index contributed by atoms with van der Waals surface area (Å²) < 4.78 is 6.49. The Labute approximate surface area is 129 Å². The van der Waals surface area contributed by atoms with Crippen molar-refractivity contribution < 1.29 is 9.53 Å². The van der Waals surface area contributed by atoms with Gasteiger partial charge >= 0.3 is 0 Å². The van der Waals surface area contributed by atoms with Crippen LogP contribution in [0.4, 0.5) is 0 Å². The maximum atomic E-state index is 11.8. The SMILES string of the molecule is CC(N)Cc1cccc(Br)c1OCC(=O)NC(C)(C)C. The Bertz CT molecular complexity index is 467. The summed E-state index contributed by atoms with van der Waals surface area (Å²) in [5.74, 6) is 0.550. The van der Waals surface area contributed by atoms with E-state index in [1.54, 1.807) is 0 Å². The fourth-order valence-electron chi connectivity index (χ4n) is 1.81. The molecule has 0 aliphatic rings. The predicted octanol–water partition coefficient (Wildman–Crippen LogP) is 2.63. The summed E-state index contributed by atoms with van der Waals surface area (Å²) in [7, 11) is 0. The van der Waals surface area contributed by atoms with E-state index >= 15 is 0 Å². The van der Waals surface area contributed by atoms with Crippen LogP contribution < -0.4 is 15.8 Å². The predicted molar refractivity (Wildman–Crippen MR) is 84.9 cm³/mol. The highest BCUT2D eigenvalue weighted by Gasteiger charge is 2.16. The van der Waals surface area contributed by atoms with Gasteiger partial charge in [-0.1, -0.05) is 12.1 Å². The molecule has 0 fully saturated rings. The Morgan fingerprint density at radius 2 is 2.10 bits per heavy atom. The molecule has 1 unspecified atom stereocenters. The lowest BCUT2D eigenvalue weighted by Gasteiger charge is -2.21. The number of halogens is 1. The molecular weight excluding hydrogens is 320 g/mol. The Kier molecular flexibility index (Phi) is 6.02. The summed E-state index contributed by atoms with van der Waals surface area (Å²) in [4.78, 5) is 11.8. The van der Waals surface area contributed by atoms with Crippen LogP contribution in [0.2, 0.25) is 0 Å². The molecule has 1 amide bonds. The molecule has 20 heavy (non-hydrogen) atoms. The third-order valence-electron chi connectivity index (χ3n) is 2.45. The van der Waals surface area contributed by atoms with Crippen LogP contribution in [-0.4, -0.2) is 24.1 Å². The fourth-order valence-corrected chi connectivity index (χ4v) is 2.34. The van der Waals surface area contributed by atoms with E-state index in [0.29, 0.717) is 12.2 Å². The smallest absolute Gasteiger partial charge is 0.258 e. The molecule has 0 spiro atoms. The van der Waals surface area contributed by atoms with Crippen LogP contribution in [0, 0.1) is 0 Å². The van der Waals surface area contributed by atoms with Crippen molar-refractivity contribution in [3.05, 3.63) is 28.2 Å². The number of nitrogens with two attached hydrogens (primary N) is 1. The zero-order valence-corrected chi connectivity index (χ0v) is 14.1. The van der Waals surface area contributed by atoms with Gasteiger partial charge in [0.05, 0.1) is 4.47 Å². The van der Waals surface area contributed by atoms with E-state index in [1.165, 1.54) is 0 Å². The van der Waals surface area contributed by atoms with Crippen molar-refractivity contribution in [2.75, 3.05) is 6.61 Å². The van der Waals surface area contributed by atoms with Crippen molar-refractivity contribution in [1.29, 1.82) is 0 Å². The maximum absolute atomic E-state index is 11.8. The van der Waals surface area contributed by atoms with Crippen LogP contribution in [0.1, 0.15) is 33.3 Å². The molecule has 112 valence electrons. The molecule has 0 saturated carbocycles. The molecule has 0 heterocycles. The Balaban J connectivity index is 2.74. The number of amides is 1. The molecule has 1 aromatic carbocycles. The summed E-state index contributed by atoms with van der Waals surface area (Å²) in [5, 5.41) is 2.87.